The maximum atomic E-state index is 12.6. The third kappa shape index (κ3) is 5.51. The topological polar surface area (TPSA) is 70.2 Å². The van der Waals surface area contributed by atoms with Crippen molar-refractivity contribution in [1.29, 1.82) is 0 Å². The predicted octanol–water partition coefficient (Wildman–Crippen LogP) is 4.59. The maximum absolute atomic E-state index is 12.6. The summed E-state index contributed by atoms with van der Waals surface area (Å²) < 4.78 is 0. The average molecular weight is 422 g/mol. The molecule has 1 aliphatic carbocycles. The van der Waals surface area contributed by atoms with Gasteiger partial charge in [-0.05, 0) is 54.7 Å². The molecule has 8 heteroatoms. The van der Waals surface area contributed by atoms with Crippen LogP contribution in [-0.4, -0.2) is 23.0 Å². The van der Waals surface area contributed by atoms with E-state index in [9.17, 15) is 9.59 Å². The summed E-state index contributed by atoms with van der Waals surface area (Å²) in [5.74, 6) is -0.462. The van der Waals surface area contributed by atoms with Crippen LogP contribution < -0.4 is 16.0 Å². The molecule has 5 nitrogen and oxygen atoms in total. The lowest BCUT2D eigenvalue weighted by molar-refractivity contribution is 0.0926. The zero-order chi connectivity index (χ0) is 19.2. The SMILES string of the molecule is O=C(NC(=S)Nc1ccc(Cl)c(C(=O)NC2CCCCC2)c1)c1cccs1. The van der Waals surface area contributed by atoms with Gasteiger partial charge in [0.2, 0.25) is 0 Å². The molecule has 1 aromatic carbocycles. The molecule has 2 amide bonds. The smallest absolute Gasteiger partial charge is 0.267 e. The first kappa shape index (κ1) is 19.8. The van der Waals surface area contributed by atoms with Gasteiger partial charge in [-0.2, -0.15) is 0 Å². The fourth-order valence-corrected chi connectivity index (χ4v) is 4.05. The van der Waals surface area contributed by atoms with Gasteiger partial charge in [0.05, 0.1) is 15.5 Å². The lowest BCUT2D eigenvalue weighted by atomic mass is 9.95. The molecule has 3 rings (SSSR count). The molecular weight excluding hydrogens is 402 g/mol. The first-order valence-electron chi connectivity index (χ1n) is 8.79. The van der Waals surface area contributed by atoms with Crippen molar-refractivity contribution >= 4 is 57.8 Å². The number of hydrogen-bond acceptors (Lipinski definition) is 4. The number of thiocarbonyl (C=S) groups is 1. The summed E-state index contributed by atoms with van der Waals surface area (Å²) in [6.07, 6.45) is 5.50. The van der Waals surface area contributed by atoms with Crippen LogP contribution in [-0.2, 0) is 0 Å². The van der Waals surface area contributed by atoms with Crippen molar-refractivity contribution in [3.63, 3.8) is 0 Å². The van der Waals surface area contributed by atoms with E-state index in [-0.39, 0.29) is 23.0 Å². The number of anilines is 1. The van der Waals surface area contributed by atoms with Crippen molar-refractivity contribution in [2.75, 3.05) is 5.32 Å². The second kappa shape index (κ2) is 9.30. The largest absolute Gasteiger partial charge is 0.349 e. The zero-order valence-electron chi connectivity index (χ0n) is 14.6. The van der Waals surface area contributed by atoms with E-state index >= 15 is 0 Å². The molecule has 0 radical (unpaired) electrons. The minimum Gasteiger partial charge on any atom is -0.349 e. The molecule has 0 aliphatic heterocycles. The second-order valence-electron chi connectivity index (χ2n) is 6.39. The first-order valence-corrected chi connectivity index (χ1v) is 10.5. The Morgan fingerprint density at radius 1 is 1.11 bits per heavy atom. The lowest BCUT2D eigenvalue weighted by Gasteiger charge is -2.23. The van der Waals surface area contributed by atoms with Crippen molar-refractivity contribution in [3.8, 4) is 0 Å². The fraction of sp³-hybridized carbons (Fsp3) is 0.316. The summed E-state index contributed by atoms with van der Waals surface area (Å²) in [4.78, 5) is 25.2. The Bertz CT molecular complexity index is 833. The summed E-state index contributed by atoms with van der Waals surface area (Å²) in [5.41, 5.74) is 0.976. The summed E-state index contributed by atoms with van der Waals surface area (Å²) >= 11 is 12.7. The van der Waals surface area contributed by atoms with Crippen LogP contribution >= 0.6 is 35.2 Å². The molecular formula is C19H20ClN3O2S2. The van der Waals surface area contributed by atoms with Gasteiger partial charge in [0, 0.05) is 11.7 Å². The Balaban J connectivity index is 1.62. The highest BCUT2D eigenvalue weighted by atomic mass is 35.5. The fourth-order valence-electron chi connectivity index (χ4n) is 3.02. The molecule has 0 atom stereocenters. The quantitative estimate of drug-likeness (QED) is 0.631. The molecule has 0 bridgehead atoms. The van der Waals surface area contributed by atoms with Crippen LogP contribution in [0.1, 0.15) is 52.1 Å². The minimum atomic E-state index is -0.272. The van der Waals surface area contributed by atoms with E-state index < -0.39 is 0 Å². The summed E-state index contributed by atoms with van der Waals surface area (Å²) in [7, 11) is 0. The first-order chi connectivity index (χ1) is 13.0. The van der Waals surface area contributed by atoms with Crippen LogP contribution in [0.25, 0.3) is 0 Å². The monoisotopic (exact) mass is 421 g/mol. The van der Waals surface area contributed by atoms with E-state index in [0.717, 1.165) is 25.7 Å². The molecule has 0 spiro atoms. The third-order valence-electron chi connectivity index (χ3n) is 4.38. The molecule has 3 N–H and O–H groups in total. The molecule has 27 heavy (non-hydrogen) atoms. The van der Waals surface area contributed by atoms with Gasteiger partial charge in [-0.25, -0.2) is 0 Å². The van der Waals surface area contributed by atoms with Gasteiger partial charge in [0.25, 0.3) is 11.8 Å². The van der Waals surface area contributed by atoms with Crippen LogP contribution in [0, 0.1) is 0 Å². The van der Waals surface area contributed by atoms with Crippen molar-refractivity contribution in [2.45, 2.75) is 38.1 Å². The summed E-state index contributed by atoms with van der Waals surface area (Å²) in [5, 5.41) is 11.0. The second-order valence-corrected chi connectivity index (χ2v) is 8.15. The van der Waals surface area contributed by atoms with Gasteiger partial charge < -0.3 is 10.6 Å². The standard InChI is InChI=1S/C19H20ClN3O2S2/c20-15-9-8-13(22-19(26)23-18(25)16-7-4-10-27-16)11-14(15)17(24)21-12-5-2-1-3-6-12/h4,7-12H,1-3,5-6H2,(H,21,24)(H2,22,23,25,26). The molecule has 142 valence electrons. The Kier molecular flexibility index (Phi) is 6.82. The molecule has 0 saturated heterocycles. The number of rotatable bonds is 4. The van der Waals surface area contributed by atoms with Crippen LogP contribution in [0.4, 0.5) is 5.69 Å². The average Bonchev–Trinajstić information content (AvgIpc) is 3.19. The Morgan fingerprint density at radius 3 is 2.59 bits per heavy atom. The molecule has 1 saturated carbocycles. The summed E-state index contributed by atoms with van der Waals surface area (Å²) in [6, 6.07) is 8.71. The van der Waals surface area contributed by atoms with Gasteiger partial charge >= 0.3 is 0 Å². The van der Waals surface area contributed by atoms with Gasteiger partial charge in [0.1, 0.15) is 0 Å². The van der Waals surface area contributed by atoms with E-state index in [1.165, 1.54) is 17.8 Å². The van der Waals surface area contributed by atoms with E-state index in [2.05, 4.69) is 16.0 Å². The van der Waals surface area contributed by atoms with E-state index in [4.69, 9.17) is 23.8 Å². The summed E-state index contributed by atoms with van der Waals surface area (Å²) in [6.45, 7) is 0. The van der Waals surface area contributed by atoms with Gasteiger partial charge in [0.15, 0.2) is 5.11 Å². The Morgan fingerprint density at radius 2 is 1.89 bits per heavy atom. The molecule has 1 aromatic heterocycles. The number of carbonyl (C=O) groups is 2. The number of benzene rings is 1. The molecule has 0 unspecified atom stereocenters. The highest BCUT2D eigenvalue weighted by molar-refractivity contribution is 7.80. The lowest BCUT2D eigenvalue weighted by Crippen LogP contribution is -2.36. The normalized spacial score (nSPS) is 14.4. The van der Waals surface area contributed by atoms with E-state index in [1.807, 2.05) is 5.38 Å². The van der Waals surface area contributed by atoms with Gasteiger partial charge in [-0.3, -0.25) is 14.9 Å². The van der Waals surface area contributed by atoms with Crippen LogP contribution in [0.5, 0.6) is 0 Å². The molecule has 1 aliphatic rings. The number of carbonyl (C=O) groups excluding carboxylic acids is 2. The van der Waals surface area contributed by atoms with Crippen molar-refractivity contribution in [2.24, 2.45) is 0 Å². The number of halogens is 1. The molecule has 2 aromatic rings. The predicted molar refractivity (Wildman–Crippen MR) is 114 cm³/mol. The van der Waals surface area contributed by atoms with E-state index in [1.54, 1.807) is 30.3 Å². The maximum Gasteiger partial charge on any atom is 0.267 e. The van der Waals surface area contributed by atoms with Crippen molar-refractivity contribution in [3.05, 3.63) is 51.2 Å². The number of hydrogen-bond donors (Lipinski definition) is 3. The number of nitrogens with one attached hydrogen (secondary N) is 3. The zero-order valence-corrected chi connectivity index (χ0v) is 17.0. The highest BCUT2D eigenvalue weighted by Gasteiger charge is 2.19. The third-order valence-corrected chi connectivity index (χ3v) is 5.78. The Hall–Kier alpha value is -1.96. The van der Waals surface area contributed by atoms with Crippen molar-refractivity contribution in [1.82, 2.24) is 10.6 Å². The van der Waals surface area contributed by atoms with Crippen LogP contribution in [0.15, 0.2) is 35.7 Å². The highest BCUT2D eigenvalue weighted by Crippen LogP contribution is 2.23. The van der Waals surface area contributed by atoms with E-state index in [0.29, 0.717) is 21.2 Å². The number of amides is 2. The van der Waals surface area contributed by atoms with Crippen LogP contribution in [0.2, 0.25) is 5.02 Å². The minimum absolute atomic E-state index is 0.161. The van der Waals surface area contributed by atoms with Gasteiger partial charge in [-0.1, -0.05) is 36.9 Å². The molecule has 1 fully saturated rings. The van der Waals surface area contributed by atoms with Crippen LogP contribution in [0.3, 0.4) is 0 Å². The Labute approximate surface area is 172 Å². The molecule has 1 heterocycles. The van der Waals surface area contributed by atoms with Crippen molar-refractivity contribution < 1.29 is 9.59 Å². The number of thiophene rings is 1. The van der Waals surface area contributed by atoms with Gasteiger partial charge in [-0.15, -0.1) is 11.3 Å².